The number of thiol groups is 1. The Balaban J connectivity index is 3.03. The van der Waals surface area contributed by atoms with Gasteiger partial charge in [-0.3, -0.25) is 0 Å². The molecule has 7 heteroatoms. The van der Waals surface area contributed by atoms with Crippen molar-refractivity contribution in [1.29, 1.82) is 0 Å². The third-order valence-electron chi connectivity index (χ3n) is 2.48. The molecule has 18 heavy (non-hydrogen) atoms. The van der Waals surface area contributed by atoms with Crippen LogP contribution >= 0.6 is 41.3 Å². The van der Waals surface area contributed by atoms with Crippen molar-refractivity contribution in [2.24, 2.45) is 0 Å². The summed E-state index contributed by atoms with van der Waals surface area (Å²) in [6.07, 6.45) is 1.57. The normalized spacial score (nSPS) is 15.2. The molecule has 0 bridgehead atoms. The van der Waals surface area contributed by atoms with Crippen molar-refractivity contribution in [2.75, 3.05) is 0 Å². The van der Waals surface area contributed by atoms with Crippen molar-refractivity contribution in [2.45, 2.75) is 35.7 Å². The fraction of sp³-hybridized carbons (Fsp3) is 0.455. The summed E-state index contributed by atoms with van der Waals surface area (Å²) in [7, 11) is 1.05. The topological polar surface area (TPSA) is 43.3 Å². The van der Waals surface area contributed by atoms with Crippen LogP contribution < -0.4 is 4.89 Å². The van der Waals surface area contributed by atoms with Gasteiger partial charge in [-0.25, -0.2) is 0 Å². The van der Waals surface area contributed by atoms with Gasteiger partial charge in [0, 0.05) is 22.8 Å². The quantitative estimate of drug-likeness (QED) is 0.279. The van der Waals surface area contributed by atoms with E-state index in [-0.39, 0.29) is 4.08 Å². The lowest BCUT2D eigenvalue weighted by molar-refractivity contribution is -0.170. The van der Waals surface area contributed by atoms with Gasteiger partial charge in [-0.1, -0.05) is 49.5 Å². The number of hydrogen-bond donors (Lipinski definition) is 2. The van der Waals surface area contributed by atoms with E-state index in [1.54, 1.807) is 11.8 Å². The van der Waals surface area contributed by atoms with Crippen LogP contribution in [0.5, 0.6) is 0 Å². The van der Waals surface area contributed by atoms with E-state index in [4.69, 9.17) is 11.6 Å². The lowest BCUT2D eigenvalue weighted by Gasteiger charge is -2.19. The summed E-state index contributed by atoms with van der Waals surface area (Å²) < 4.78 is -0.333. The molecule has 1 rings (SSSR count). The summed E-state index contributed by atoms with van der Waals surface area (Å²) in [5.74, 6) is 0. The Hall–Kier alpha value is 0.780. The minimum absolute atomic E-state index is 0.333. The summed E-state index contributed by atoms with van der Waals surface area (Å²) >= 11 is 11.2. The molecule has 102 valence electrons. The molecule has 1 unspecified atom stereocenters. The van der Waals surface area contributed by atoms with Crippen LogP contribution in [0.25, 0.3) is 0 Å². The van der Waals surface area contributed by atoms with E-state index < -0.39 is 5.69 Å². The highest BCUT2D eigenvalue weighted by Crippen LogP contribution is 2.48. The monoisotopic (exact) mass is 342 g/mol. The highest BCUT2D eigenvalue weighted by Gasteiger charge is 2.39. The second-order valence-corrected chi connectivity index (χ2v) is 12.3. The van der Waals surface area contributed by atoms with Gasteiger partial charge in [0.1, 0.15) is 0 Å². The third-order valence-corrected chi connectivity index (χ3v) is 8.70. The van der Waals surface area contributed by atoms with Gasteiger partial charge < -0.3 is 9.79 Å². The Kier molecular flexibility index (Phi) is 6.53. The third kappa shape index (κ3) is 5.41. The van der Waals surface area contributed by atoms with Gasteiger partial charge in [-0.05, 0) is 24.3 Å². The van der Waals surface area contributed by atoms with Crippen LogP contribution in [0.4, 0.5) is 0 Å². The Labute approximate surface area is 126 Å². The summed E-state index contributed by atoms with van der Waals surface area (Å²) in [5.41, 5.74) is -3.40. The Morgan fingerprint density at radius 3 is 2.28 bits per heavy atom. The Morgan fingerprint density at radius 2 is 1.89 bits per heavy atom. The summed E-state index contributed by atoms with van der Waals surface area (Å²) in [5, 5.41) is 0.688. The lowest BCUT2D eigenvalue weighted by atomic mass is 10.2. The van der Waals surface area contributed by atoms with E-state index in [0.717, 1.165) is 28.7 Å². The van der Waals surface area contributed by atoms with Crippen molar-refractivity contribution in [3.8, 4) is 0 Å². The lowest BCUT2D eigenvalue weighted by Crippen LogP contribution is -2.22. The first kappa shape index (κ1) is 16.8. The molecule has 1 atom stereocenters. The molecule has 0 spiro atoms. The predicted molar refractivity (Wildman–Crippen MR) is 86.1 cm³/mol. The number of thioether (sulfide) groups is 1. The van der Waals surface area contributed by atoms with Crippen molar-refractivity contribution < 1.29 is 9.79 Å². The van der Waals surface area contributed by atoms with Crippen molar-refractivity contribution >= 4 is 52.2 Å². The van der Waals surface area contributed by atoms with E-state index in [0.29, 0.717) is 5.02 Å². The zero-order chi connectivity index (χ0) is 13.8. The molecule has 0 aliphatic rings. The van der Waals surface area contributed by atoms with Gasteiger partial charge in [-0.15, -0.1) is 0 Å². The molecule has 0 amide bonds. The Morgan fingerprint density at radius 1 is 1.39 bits per heavy atom. The largest absolute Gasteiger partial charge is 0.757 e. The number of halogens is 1. The molecule has 0 aliphatic carbocycles. The van der Waals surface area contributed by atoms with Gasteiger partial charge >= 0.3 is 0 Å². The van der Waals surface area contributed by atoms with E-state index in [1.165, 1.54) is 0 Å². The number of hydrogen-bond acceptors (Lipinski definition) is 2. The molecule has 0 aliphatic heterocycles. The predicted octanol–water partition coefficient (Wildman–Crippen LogP) is 3.99. The molecule has 0 radical (unpaired) electrons. The molecule has 0 aromatic heterocycles. The average molecular weight is 343 g/mol. The average Bonchev–Trinajstić information content (AvgIpc) is 2.29. The van der Waals surface area contributed by atoms with Crippen LogP contribution in [-0.2, 0) is 10.9 Å². The molecular weight excluding hydrogens is 327 g/mol. The summed E-state index contributed by atoms with van der Waals surface area (Å²) in [6, 6.07) is 7.50. The first-order valence-corrected chi connectivity index (χ1v) is 10.9. The van der Waals surface area contributed by atoms with Crippen LogP contribution in [0, 0.1) is 0 Å². The second-order valence-electron chi connectivity index (χ2n) is 3.76. The first-order valence-electron chi connectivity index (χ1n) is 5.51. The zero-order valence-electron chi connectivity index (χ0n) is 10.2. The Bertz CT molecular complexity index is 432. The van der Waals surface area contributed by atoms with Crippen LogP contribution in [0.3, 0.4) is 0 Å². The molecule has 1 aromatic carbocycles. The van der Waals surface area contributed by atoms with E-state index >= 15 is 0 Å². The summed E-state index contributed by atoms with van der Waals surface area (Å²) in [4.78, 5) is 22.1. The molecule has 1 aromatic rings. The molecule has 0 fully saturated rings. The molecule has 0 heterocycles. The van der Waals surface area contributed by atoms with Gasteiger partial charge in [0.2, 0.25) is 9.77 Å². The van der Waals surface area contributed by atoms with Crippen molar-refractivity contribution in [3.63, 3.8) is 0 Å². The highest BCUT2D eigenvalue weighted by atomic mass is 35.5. The smallest absolute Gasteiger partial charge is 0.241 e. The highest BCUT2D eigenvalue weighted by molar-refractivity contribution is 8.62. The maximum absolute atomic E-state index is 11.5. The fourth-order valence-corrected chi connectivity index (χ4v) is 8.95. The zero-order valence-corrected chi connectivity index (χ0v) is 14.3. The molecule has 2 nitrogen and oxygen atoms in total. The SMILES string of the molecule is CCC(CC)(Sc1ccc(Cl)cc1)[S+]=P([O-])(O)S. The van der Waals surface area contributed by atoms with Gasteiger partial charge in [-0.2, -0.15) is 0 Å². The molecule has 0 saturated heterocycles. The molecule has 1 N–H and O–H groups in total. The molecular formula is C11H16ClO2PS3. The first-order chi connectivity index (χ1) is 8.30. The number of benzene rings is 1. The number of rotatable bonds is 5. The minimum atomic E-state index is -3.40. The van der Waals surface area contributed by atoms with Gasteiger partial charge in [0.25, 0.3) is 0 Å². The van der Waals surface area contributed by atoms with E-state index in [1.807, 2.05) is 38.1 Å². The minimum Gasteiger partial charge on any atom is -0.757 e. The van der Waals surface area contributed by atoms with E-state index in [9.17, 15) is 9.79 Å². The van der Waals surface area contributed by atoms with Crippen molar-refractivity contribution in [1.82, 2.24) is 0 Å². The maximum atomic E-state index is 11.5. The fourth-order valence-electron chi connectivity index (χ4n) is 1.48. The standard InChI is InChI=1S/C11H16ClO2PS3/c1-3-11(4-2,18-15(13,14)16)17-10-7-5-9(12)6-8-10/h5-8H,3-4H2,1-2H3,(H2-,13,14,16). The van der Waals surface area contributed by atoms with Crippen LogP contribution in [0.2, 0.25) is 5.02 Å². The van der Waals surface area contributed by atoms with Crippen LogP contribution in [-0.4, -0.2) is 8.97 Å². The second kappa shape index (κ2) is 6.98. The summed E-state index contributed by atoms with van der Waals surface area (Å²) in [6.45, 7) is 4.03. The van der Waals surface area contributed by atoms with Gasteiger partial charge in [0.05, 0.1) is 0 Å². The van der Waals surface area contributed by atoms with E-state index in [2.05, 4.69) is 12.2 Å². The van der Waals surface area contributed by atoms with Crippen LogP contribution in [0.1, 0.15) is 26.7 Å². The molecule has 0 saturated carbocycles. The van der Waals surface area contributed by atoms with Gasteiger partial charge in [0.15, 0.2) is 10.9 Å². The van der Waals surface area contributed by atoms with Crippen LogP contribution in [0.15, 0.2) is 29.2 Å². The maximum Gasteiger partial charge on any atom is 0.241 e. The van der Waals surface area contributed by atoms with Crippen molar-refractivity contribution in [3.05, 3.63) is 29.3 Å².